The number of carboxylic acid groups (broad SMARTS) is 1. The molecule has 0 aromatic heterocycles. The van der Waals surface area contributed by atoms with Crippen LogP contribution in [0.1, 0.15) is 116 Å². The van der Waals surface area contributed by atoms with Gasteiger partial charge in [-0.15, -0.1) is 0 Å². The minimum absolute atomic E-state index is 0.368. The van der Waals surface area contributed by atoms with E-state index in [0.29, 0.717) is 6.42 Å². The number of carbonyl (C=O) groups is 1. The number of hydrogen-bond donors (Lipinski definition) is 2. The van der Waals surface area contributed by atoms with Gasteiger partial charge in [-0.2, -0.15) is 0 Å². The van der Waals surface area contributed by atoms with Crippen LogP contribution in [0.4, 0.5) is 0 Å². The molecule has 0 aromatic carbocycles. The standard InChI is InChI=1S/C24H44O3/c1-2-3-4-5-6-7-8-9-10-11-12-13-14-15-16-17-18-19-20-21-22-23(25)24(26)27/h8-9,16-17,23,25H,2-7,10-15,18-22H2,1H3,(H,26,27). The molecule has 3 heteroatoms. The minimum atomic E-state index is -1.19. The molecule has 0 radical (unpaired) electrons. The van der Waals surface area contributed by atoms with Crippen LogP contribution in [0.2, 0.25) is 0 Å². The largest absolute Gasteiger partial charge is 0.479 e. The summed E-state index contributed by atoms with van der Waals surface area (Å²) in [5.41, 5.74) is 0. The first-order valence-corrected chi connectivity index (χ1v) is 11.4. The molecule has 1 atom stereocenters. The second-order valence-corrected chi connectivity index (χ2v) is 7.63. The van der Waals surface area contributed by atoms with Crippen molar-refractivity contribution >= 4 is 5.97 Å². The van der Waals surface area contributed by atoms with Crippen LogP contribution in [0.3, 0.4) is 0 Å². The molecule has 0 saturated carbocycles. The monoisotopic (exact) mass is 380 g/mol. The van der Waals surface area contributed by atoms with Crippen LogP contribution < -0.4 is 0 Å². The highest BCUT2D eigenvalue weighted by molar-refractivity contribution is 5.71. The normalized spacial score (nSPS) is 13.0. The molecular formula is C24H44O3. The van der Waals surface area contributed by atoms with Crippen LogP contribution in [-0.2, 0) is 4.79 Å². The van der Waals surface area contributed by atoms with Crippen molar-refractivity contribution in [3.05, 3.63) is 24.3 Å². The summed E-state index contributed by atoms with van der Waals surface area (Å²) in [5.74, 6) is -1.11. The van der Waals surface area contributed by atoms with Crippen LogP contribution in [0.5, 0.6) is 0 Å². The molecule has 158 valence electrons. The molecule has 0 bridgehead atoms. The van der Waals surface area contributed by atoms with Crippen molar-refractivity contribution in [2.45, 2.75) is 122 Å². The predicted molar refractivity (Wildman–Crippen MR) is 116 cm³/mol. The van der Waals surface area contributed by atoms with Gasteiger partial charge in [0, 0.05) is 0 Å². The van der Waals surface area contributed by atoms with E-state index in [1.54, 1.807) is 0 Å². The van der Waals surface area contributed by atoms with Gasteiger partial charge in [-0.1, -0.05) is 82.6 Å². The number of hydrogen-bond acceptors (Lipinski definition) is 2. The topological polar surface area (TPSA) is 57.5 Å². The SMILES string of the molecule is CCCCCCCC=CCCCCCCC=CCCCCCC(O)C(=O)O. The van der Waals surface area contributed by atoms with E-state index >= 15 is 0 Å². The summed E-state index contributed by atoms with van der Waals surface area (Å²) in [4.78, 5) is 10.5. The zero-order valence-corrected chi connectivity index (χ0v) is 17.7. The van der Waals surface area contributed by atoms with Gasteiger partial charge in [-0.05, 0) is 57.8 Å². The van der Waals surface area contributed by atoms with Gasteiger partial charge in [0.15, 0.2) is 6.10 Å². The number of aliphatic carboxylic acids is 1. The zero-order valence-electron chi connectivity index (χ0n) is 17.7. The van der Waals surface area contributed by atoms with Crippen molar-refractivity contribution in [2.24, 2.45) is 0 Å². The first-order chi connectivity index (χ1) is 13.2. The molecule has 3 nitrogen and oxygen atoms in total. The molecule has 0 rings (SSSR count). The molecule has 0 saturated heterocycles. The number of unbranched alkanes of at least 4 members (excludes halogenated alkanes) is 13. The maximum Gasteiger partial charge on any atom is 0.332 e. The number of allylic oxidation sites excluding steroid dienone is 4. The summed E-state index contributed by atoms with van der Waals surface area (Å²) < 4.78 is 0. The molecule has 0 spiro atoms. The average molecular weight is 381 g/mol. The van der Waals surface area contributed by atoms with E-state index in [0.717, 1.165) is 25.7 Å². The van der Waals surface area contributed by atoms with Crippen molar-refractivity contribution in [2.75, 3.05) is 0 Å². The molecule has 0 aliphatic rings. The fourth-order valence-electron chi connectivity index (χ4n) is 3.12. The lowest BCUT2D eigenvalue weighted by Gasteiger charge is -2.03. The van der Waals surface area contributed by atoms with Gasteiger partial charge < -0.3 is 10.2 Å². The van der Waals surface area contributed by atoms with Crippen molar-refractivity contribution in [3.8, 4) is 0 Å². The first kappa shape index (κ1) is 25.9. The van der Waals surface area contributed by atoms with Crippen LogP contribution >= 0.6 is 0 Å². The maximum atomic E-state index is 10.5. The van der Waals surface area contributed by atoms with Crippen molar-refractivity contribution in [1.82, 2.24) is 0 Å². The van der Waals surface area contributed by atoms with Gasteiger partial charge in [-0.3, -0.25) is 0 Å². The van der Waals surface area contributed by atoms with Gasteiger partial charge in [0.05, 0.1) is 0 Å². The van der Waals surface area contributed by atoms with Gasteiger partial charge in [0.25, 0.3) is 0 Å². The van der Waals surface area contributed by atoms with E-state index < -0.39 is 12.1 Å². The Hall–Kier alpha value is -1.09. The average Bonchev–Trinajstić information content (AvgIpc) is 2.66. The Balaban J connectivity index is 3.21. The summed E-state index contributed by atoms with van der Waals surface area (Å²) >= 11 is 0. The molecule has 27 heavy (non-hydrogen) atoms. The van der Waals surface area contributed by atoms with E-state index in [4.69, 9.17) is 10.2 Å². The fourth-order valence-corrected chi connectivity index (χ4v) is 3.12. The summed E-state index contributed by atoms with van der Waals surface area (Å²) in [5, 5.41) is 17.7. The van der Waals surface area contributed by atoms with E-state index in [1.165, 1.54) is 77.0 Å². The first-order valence-electron chi connectivity index (χ1n) is 11.4. The van der Waals surface area contributed by atoms with Gasteiger partial charge in [-0.25, -0.2) is 4.79 Å². The van der Waals surface area contributed by atoms with Crippen LogP contribution in [0.15, 0.2) is 24.3 Å². The summed E-state index contributed by atoms with van der Waals surface area (Å²) in [6.45, 7) is 2.26. The lowest BCUT2D eigenvalue weighted by Crippen LogP contribution is -2.18. The molecule has 1 unspecified atom stereocenters. The van der Waals surface area contributed by atoms with Crippen molar-refractivity contribution in [3.63, 3.8) is 0 Å². The quantitative estimate of drug-likeness (QED) is 0.173. The summed E-state index contributed by atoms with van der Waals surface area (Å²) in [6, 6.07) is 0. The fraction of sp³-hybridized carbons (Fsp3) is 0.792. The Morgan fingerprint density at radius 1 is 0.667 bits per heavy atom. The smallest absolute Gasteiger partial charge is 0.332 e. The third-order valence-electron chi connectivity index (χ3n) is 4.93. The Kier molecular flexibility index (Phi) is 20.4. The summed E-state index contributed by atoms with van der Waals surface area (Å²) in [7, 11) is 0. The molecule has 2 N–H and O–H groups in total. The molecular weight excluding hydrogens is 336 g/mol. The number of aliphatic hydroxyl groups excluding tert-OH is 1. The lowest BCUT2D eigenvalue weighted by molar-refractivity contribution is -0.146. The highest BCUT2D eigenvalue weighted by Gasteiger charge is 2.11. The van der Waals surface area contributed by atoms with E-state index in [9.17, 15) is 4.79 Å². The molecule has 0 aliphatic carbocycles. The molecule has 0 fully saturated rings. The molecule has 0 amide bonds. The molecule has 0 aliphatic heterocycles. The van der Waals surface area contributed by atoms with Gasteiger partial charge in [0.1, 0.15) is 0 Å². The van der Waals surface area contributed by atoms with Gasteiger partial charge >= 0.3 is 5.97 Å². The third-order valence-corrected chi connectivity index (χ3v) is 4.93. The molecule has 0 heterocycles. The van der Waals surface area contributed by atoms with Crippen molar-refractivity contribution < 1.29 is 15.0 Å². The second-order valence-electron chi connectivity index (χ2n) is 7.63. The van der Waals surface area contributed by atoms with E-state index in [-0.39, 0.29) is 0 Å². The highest BCUT2D eigenvalue weighted by Crippen LogP contribution is 2.10. The molecule has 0 aromatic rings. The Bertz CT molecular complexity index is 374. The third kappa shape index (κ3) is 21.1. The van der Waals surface area contributed by atoms with Crippen molar-refractivity contribution in [1.29, 1.82) is 0 Å². The minimum Gasteiger partial charge on any atom is -0.479 e. The highest BCUT2D eigenvalue weighted by atomic mass is 16.4. The Morgan fingerprint density at radius 3 is 1.41 bits per heavy atom. The zero-order chi connectivity index (χ0) is 20.0. The summed E-state index contributed by atoms with van der Waals surface area (Å²) in [6.07, 6.45) is 28.1. The second kappa shape index (κ2) is 21.2. The Labute approximate surface area is 168 Å². The predicted octanol–water partition coefficient (Wildman–Crippen LogP) is 7.20. The Morgan fingerprint density at radius 2 is 1.04 bits per heavy atom. The van der Waals surface area contributed by atoms with Crippen LogP contribution in [0, 0.1) is 0 Å². The van der Waals surface area contributed by atoms with E-state index in [2.05, 4.69) is 31.2 Å². The number of aliphatic hydroxyl groups is 1. The van der Waals surface area contributed by atoms with Crippen LogP contribution in [0.25, 0.3) is 0 Å². The number of carboxylic acids is 1. The maximum absolute atomic E-state index is 10.5. The van der Waals surface area contributed by atoms with Gasteiger partial charge in [0.2, 0.25) is 0 Å². The number of rotatable bonds is 20. The van der Waals surface area contributed by atoms with E-state index in [1.807, 2.05) is 0 Å². The lowest BCUT2D eigenvalue weighted by atomic mass is 10.1. The van der Waals surface area contributed by atoms with Crippen LogP contribution in [-0.4, -0.2) is 22.3 Å².